The normalized spacial score (nSPS) is 17.7. The predicted octanol–water partition coefficient (Wildman–Crippen LogP) is 2.11. The minimum Gasteiger partial charge on any atom is -0.466 e. The van der Waals surface area contributed by atoms with Gasteiger partial charge in [-0.2, -0.15) is 0 Å². The highest BCUT2D eigenvalue weighted by molar-refractivity contribution is 5.69. The Balaban J connectivity index is 2.01. The van der Waals surface area contributed by atoms with Crippen LogP contribution in [-0.2, 0) is 9.53 Å². The lowest BCUT2D eigenvalue weighted by Crippen LogP contribution is -2.29. The van der Waals surface area contributed by atoms with Gasteiger partial charge in [0.1, 0.15) is 0 Å². The fourth-order valence-electron chi connectivity index (χ4n) is 1.92. The number of nitrogens with one attached hydrogen (secondary N) is 1. The molecule has 1 aliphatic heterocycles. The third kappa shape index (κ3) is 5.78. The molecule has 0 amide bonds. The van der Waals surface area contributed by atoms with Crippen molar-refractivity contribution in [3.8, 4) is 0 Å². The van der Waals surface area contributed by atoms with Crippen LogP contribution in [-0.4, -0.2) is 25.7 Å². The van der Waals surface area contributed by atoms with Crippen LogP contribution in [0.3, 0.4) is 0 Å². The van der Waals surface area contributed by atoms with E-state index >= 15 is 0 Å². The van der Waals surface area contributed by atoms with Crippen LogP contribution in [0.5, 0.6) is 0 Å². The molecule has 1 N–H and O–H groups in total. The van der Waals surface area contributed by atoms with E-state index in [2.05, 4.69) is 12.2 Å². The summed E-state index contributed by atoms with van der Waals surface area (Å²) in [6.07, 6.45) is 6.18. The first-order valence-corrected chi connectivity index (χ1v) is 6.19. The number of carbonyl (C=O) groups excluding carboxylic acids is 1. The number of piperidine rings is 1. The number of hydrogen-bond donors (Lipinski definition) is 1. The zero-order chi connectivity index (χ0) is 10.9. The van der Waals surface area contributed by atoms with Gasteiger partial charge in [-0.3, -0.25) is 4.79 Å². The van der Waals surface area contributed by atoms with Crippen LogP contribution < -0.4 is 5.32 Å². The summed E-state index contributed by atoms with van der Waals surface area (Å²) >= 11 is 0. The van der Waals surface area contributed by atoms with Crippen LogP contribution in [0.1, 0.15) is 45.4 Å². The lowest BCUT2D eigenvalue weighted by Gasteiger charge is -2.21. The van der Waals surface area contributed by atoms with E-state index in [0.717, 1.165) is 38.8 Å². The van der Waals surface area contributed by atoms with Crippen molar-refractivity contribution >= 4 is 5.97 Å². The van der Waals surface area contributed by atoms with Gasteiger partial charge in [0.15, 0.2) is 0 Å². The maximum Gasteiger partial charge on any atom is 0.306 e. The molecule has 0 saturated carbocycles. The maximum absolute atomic E-state index is 11.4. The quantitative estimate of drug-likeness (QED) is 0.542. The highest BCUT2D eigenvalue weighted by Gasteiger charge is 2.17. The average molecular weight is 213 g/mol. The molecular weight excluding hydrogens is 190 g/mol. The van der Waals surface area contributed by atoms with Crippen molar-refractivity contribution in [2.45, 2.75) is 45.4 Å². The molecule has 1 aliphatic rings. The predicted molar refractivity (Wildman–Crippen MR) is 60.7 cm³/mol. The Hall–Kier alpha value is -0.570. The zero-order valence-corrected chi connectivity index (χ0v) is 9.76. The van der Waals surface area contributed by atoms with Gasteiger partial charge in [0, 0.05) is 6.42 Å². The zero-order valence-electron chi connectivity index (χ0n) is 9.76. The van der Waals surface area contributed by atoms with Crippen LogP contribution in [0.25, 0.3) is 0 Å². The van der Waals surface area contributed by atoms with Gasteiger partial charge < -0.3 is 10.1 Å². The van der Waals surface area contributed by atoms with Crippen molar-refractivity contribution in [3.63, 3.8) is 0 Å². The summed E-state index contributed by atoms with van der Waals surface area (Å²) in [6, 6.07) is 0. The summed E-state index contributed by atoms with van der Waals surface area (Å²) in [5, 5.41) is 3.30. The standard InChI is InChI=1S/C12H23NO2/c1-2-3-4-9-15-12(14)10-11-5-7-13-8-6-11/h11,13H,2-10H2,1H3. The van der Waals surface area contributed by atoms with Gasteiger partial charge in [0.2, 0.25) is 0 Å². The molecule has 15 heavy (non-hydrogen) atoms. The van der Waals surface area contributed by atoms with Gasteiger partial charge in [-0.1, -0.05) is 19.8 Å². The Bertz CT molecular complexity index is 176. The van der Waals surface area contributed by atoms with Crippen molar-refractivity contribution in [1.29, 1.82) is 0 Å². The third-order valence-electron chi connectivity index (χ3n) is 2.93. The van der Waals surface area contributed by atoms with Crippen molar-refractivity contribution in [2.75, 3.05) is 19.7 Å². The number of esters is 1. The second-order valence-electron chi connectivity index (χ2n) is 4.33. The third-order valence-corrected chi connectivity index (χ3v) is 2.93. The number of ether oxygens (including phenoxy) is 1. The van der Waals surface area contributed by atoms with E-state index in [1.54, 1.807) is 0 Å². The Labute approximate surface area is 92.6 Å². The molecule has 88 valence electrons. The molecule has 0 aromatic carbocycles. The summed E-state index contributed by atoms with van der Waals surface area (Å²) < 4.78 is 5.19. The molecule has 0 radical (unpaired) electrons. The smallest absolute Gasteiger partial charge is 0.306 e. The molecule has 1 heterocycles. The summed E-state index contributed by atoms with van der Waals surface area (Å²) in [6.45, 7) is 4.86. The molecule has 1 saturated heterocycles. The van der Waals surface area contributed by atoms with E-state index in [1.807, 2.05) is 0 Å². The van der Waals surface area contributed by atoms with E-state index in [0.29, 0.717) is 18.9 Å². The van der Waals surface area contributed by atoms with E-state index in [9.17, 15) is 4.79 Å². The molecule has 0 spiro atoms. The molecular formula is C12H23NO2. The van der Waals surface area contributed by atoms with Gasteiger partial charge >= 0.3 is 5.97 Å². The lowest BCUT2D eigenvalue weighted by molar-refractivity contribution is -0.145. The molecule has 0 unspecified atom stereocenters. The Morgan fingerprint density at radius 3 is 2.73 bits per heavy atom. The topological polar surface area (TPSA) is 38.3 Å². The van der Waals surface area contributed by atoms with Gasteiger partial charge in [-0.25, -0.2) is 0 Å². The molecule has 1 rings (SSSR count). The molecule has 0 aliphatic carbocycles. The molecule has 3 nitrogen and oxygen atoms in total. The molecule has 0 bridgehead atoms. The Morgan fingerprint density at radius 1 is 1.33 bits per heavy atom. The molecule has 0 atom stereocenters. The van der Waals surface area contributed by atoms with Crippen LogP contribution in [0.4, 0.5) is 0 Å². The van der Waals surface area contributed by atoms with E-state index in [4.69, 9.17) is 4.74 Å². The van der Waals surface area contributed by atoms with Crippen LogP contribution >= 0.6 is 0 Å². The van der Waals surface area contributed by atoms with Crippen molar-refractivity contribution in [1.82, 2.24) is 5.32 Å². The summed E-state index contributed by atoms with van der Waals surface area (Å²) in [5.74, 6) is 0.544. The molecule has 1 fully saturated rings. The first-order chi connectivity index (χ1) is 7.33. The first-order valence-electron chi connectivity index (χ1n) is 6.19. The second kappa shape index (κ2) is 7.69. The van der Waals surface area contributed by atoms with Crippen molar-refractivity contribution in [3.05, 3.63) is 0 Å². The fraction of sp³-hybridized carbons (Fsp3) is 0.917. The van der Waals surface area contributed by atoms with E-state index in [-0.39, 0.29) is 5.97 Å². The molecule has 3 heteroatoms. The first kappa shape index (κ1) is 12.5. The summed E-state index contributed by atoms with van der Waals surface area (Å²) in [4.78, 5) is 11.4. The largest absolute Gasteiger partial charge is 0.466 e. The monoisotopic (exact) mass is 213 g/mol. The van der Waals surface area contributed by atoms with Crippen LogP contribution in [0, 0.1) is 5.92 Å². The van der Waals surface area contributed by atoms with Gasteiger partial charge in [-0.15, -0.1) is 0 Å². The molecule has 0 aromatic rings. The van der Waals surface area contributed by atoms with Gasteiger partial charge in [0.05, 0.1) is 6.61 Å². The SMILES string of the molecule is CCCCCOC(=O)CC1CCNCC1. The fourth-order valence-corrected chi connectivity index (χ4v) is 1.92. The van der Waals surface area contributed by atoms with Crippen LogP contribution in [0.2, 0.25) is 0 Å². The number of carbonyl (C=O) groups is 1. The summed E-state index contributed by atoms with van der Waals surface area (Å²) in [7, 11) is 0. The lowest BCUT2D eigenvalue weighted by atomic mass is 9.95. The molecule has 0 aromatic heterocycles. The maximum atomic E-state index is 11.4. The number of rotatable bonds is 6. The second-order valence-corrected chi connectivity index (χ2v) is 4.33. The van der Waals surface area contributed by atoms with E-state index < -0.39 is 0 Å². The number of hydrogen-bond acceptors (Lipinski definition) is 3. The summed E-state index contributed by atoms with van der Waals surface area (Å²) in [5.41, 5.74) is 0. The van der Waals surface area contributed by atoms with Gasteiger partial charge in [0.25, 0.3) is 0 Å². The minimum atomic E-state index is -0.00185. The Morgan fingerprint density at radius 2 is 2.07 bits per heavy atom. The highest BCUT2D eigenvalue weighted by Crippen LogP contribution is 2.16. The van der Waals surface area contributed by atoms with E-state index in [1.165, 1.54) is 6.42 Å². The van der Waals surface area contributed by atoms with Gasteiger partial charge in [-0.05, 0) is 38.3 Å². The highest BCUT2D eigenvalue weighted by atomic mass is 16.5. The number of unbranched alkanes of at least 4 members (excludes halogenated alkanes) is 2. The Kier molecular flexibility index (Phi) is 6.41. The average Bonchev–Trinajstić information content (AvgIpc) is 2.26. The van der Waals surface area contributed by atoms with Crippen LogP contribution in [0.15, 0.2) is 0 Å². The van der Waals surface area contributed by atoms with Crippen molar-refractivity contribution < 1.29 is 9.53 Å². The minimum absolute atomic E-state index is 0.00185. The van der Waals surface area contributed by atoms with Crippen molar-refractivity contribution in [2.24, 2.45) is 5.92 Å².